The van der Waals surface area contributed by atoms with Gasteiger partial charge in [0, 0.05) is 5.56 Å². The number of nitrogens with one attached hydrogen (secondary N) is 1. The van der Waals surface area contributed by atoms with Gasteiger partial charge in [-0.3, -0.25) is 4.79 Å². The van der Waals surface area contributed by atoms with E-state index in [9.17, 15) is 4.79 Å². The lowest BCUT2D eigenvalue weighted by Crippen LogP contribution is -2.26. The van der Waals surface area contributed by atoms with Gasteiger partial charge in [0.2, 0.25) is 0 Å². The molecule has 2 N–H and O–H groups in total. The van der Waals surface area contributed by atoms with Crippen molar-refractivity contribution in [1.82, 2.24) is 0 Å². The Hall–Kier alpha value is -2.04. The van der Waals surface area contributed by atoms with Crippen molar-refractivity contribution in [1.29, 1.82) is 0 Å². The third-order valence-corrected chi connectivity index (χ3v) is 2.15. The number of hydrogen-bond acceptors (Lipinski definition) is 4. The van der Waals surface area contributed by atoms with Crippen LogP contribution in [0.1, 0.15) is 17.3 Å². The van der Waals surface area contributed by atoms with Gasteiger partial charge in [0.1, 0.15) is 12.4 Å². The highest BCUT2D eigenvalue weighted by Crippen LogP contribution is 2.28. The third-order valence-electron chi connectivity index (χ3n) is 2.15. The molecule has 0 spiro atoms. The van der Waals surface area contributed by atoms with Gasteiger partial charge in [0.25, 0.3) is 0 Å². The van der Waals surface area contributed by atoms with Crippen molar-refractivity contribution in [3.05, 3.63) is 23.8 Å². The fourth-order valence-electron chi connectivity index (χ4n) is 1.36. The number of nitrogens with zero attached hydrogens (tertiary/aromatic N) is 1. The Kier molecular flexibility index (Phi) is 2.29. The number of anilines is 1. The maximum atomic E-state index is 11.1. The molecule has 0 bridgehead atoms. The van der Waals surface area contributed by atoms with Crippen LogP contribution in [0.15, 0.2) is 23.4 Å². The summed E-state index contributed by atoms with van der Waals surface area (Å²) in [5.41, 5.74) is 1.23. The number of hydrogen-bond donors (Lipinski definition) is 2. The Bertz CT molecular complexity index is 440. The van der Waals surface area contributed by atoms with E-state index in [1.165, 1.54) is 6.92 Å². The molecular formula is C10H10N2O3. The lowest BCUT2D eigenvalue weighted by molar-refractivity contribution is 0.101. The molecule has 0 atom stereocenters. The number of rotatable bonds is 1. The number of benzene rings is 1. The lowest BCUT2D eigenvalue weighted by atomic mass is 10.1. The number of ketones is 1. The highest BCUT2D eigenvalue weighted by atomic mass is 16.5. The second-order valence-electron chi connectivity index (χ2n) is 3.23. The van der Waals surface area contributed by atoms with Gasteiger partial charge in [0.15, 0.2) is 11.6 Å². The van der Waals surface area contributed by atoms with Crippen LogP contribution >= 0.6 is 0 Å². The number of carbonyl (C=O) groups is 1. The van der Waals surface area contributed by atoms with Gasteiger partial charge < -0.3 is 15.3 Å². The molecule has 1 heterocycles. The Balaban J connectivity index is 2.39. The van der Waals surface area contributed by atoms with Crippen molar-refractivity contribution >= 4 is 17.3 Å². The van der Waals surface area contributed by atoms with E-state index in [1.807, 2.05) is 0 Å². The van der Waals surface area contributed by atoms with E-state index in [4.69, 9.17) is 9.94 Å². The van der Waals surface area contributed by atoms with Crippen molar-refractivity contribution in [3.63, 3.8) is 0 Å². The minimum atomic E-state index is -0.0207. The summed E-state index contributed by atoms with van der Waals surface area (Å²) < 4.78 is 5.30. The molecule has 1 aromatic rings. The molecule has 5 heteroatoms. The summed E-state index contributed by atoms with van der Waals surface area (Å²) >= 11 is 0. The van der Waals surface area contributed by atoms with Crippen LogP contribution < -0.4 is 10.1 Å². The summed E-state index contributed by atoms with van der Waals surface area (Å²) in [6.45, 7) is 1.69. The number of ether oxygens (including phenoxy) is 1. The fraction of sp³-hybridized carbons (Fsp3) is 0.200. The van der Waals surface area contributed by atoms with Crippen LogP contribution in [0, 0.1) is 0 Å². The van der Waals surface area contributed by atoms with Gasteiger partial charge >= 0.3 is 0 Å². The first-order chi connectivity index (χ1) is 7.20. The molecule has 0 amide bonds. The van der Waals surface area contributed by atoms with E-state index in [2.05, 4.69) is 10.5 Å². The Morgan fingerprint density at radius 1 is 1.60 bits per heavy atom. The quantitative estimate of drug-likeness (QED) is 0.415. The molecule has 78 valence electrons. The third kappa shape index (κ3) is 1.76. The summed E-state index contributed by atoms with van der Waals surface area (Å²) in [6, 6.07) is 5.08. The van der Waals surface area contributed by atoms with Crippen LogP contribution in [0.2, 0.25) is 0 Å². The molecule has 15 heavy (non-hydrogen) atoms. The average molecular weight is 206 g/mol. The van der Waals surface area contributed by atoms with Crippen LogP contribution in [0.5, 0.6) is 5.75 Å². The monoisotopic (exact) mass is 206 g/mol. The van der Waals surface area contributed by atoms with Crippen molar-refractivity contribution in [2.45, 2.75) is 6.92 Å². The van der Waals surface area contributed by atoms with Gasteiger partial charge in [-0.1, -0.05) is 5.16 Å². The fourth-order valence-corrected chi connectivity index (χ4v) is 1.36. The summed E-state index contributed by atoms with van der Waals surface area (Å²) in [6.07, 6.45) is 0. The SMILES string of the molecule is CC(=O)c1ccc2c(c1)NC(=NO)CO2. The van der Waals surface area contributed by atoms with Gasteiger partial charge in [-0.05, 0) is 25.1 Å². The zero-order valence-electron chi connectivity index (χ0n) is 8.15. The zero-order chi connectivity index (χ0) is 10.8. The maximum Gasteiger partial charge on any atom is 0.184 e. The Labute approximate surface area is 86.4 Å². The first-order valence-corrected chi connectivity index (χ1v) is 4.46. The molecule has 5 nitrogen and oxygen atoms in total. The summed E-state index contributed by atoms with van der Waals surface area (Å²) in [7, 11) is 0. The molecule has 0 fully saturated rings. The predicted octanol–water partition coefficient (Wildman–Crippen LogP) is 1.48. The molecule has 0 saturated carbocycles. The zero-order valence-corrected chi connectivity index (χ0v) is 8.15. The lowest BCUT2D eigenvalue weighted by Gasteiger charge is -2.19. The van der Waals surface area contributed by atoms with Crippen molar-refractivity contribution < 1.29 is 14.7 Å². The van der Waals surface area contributed by atoms with Crippen molar-refractivity contribution in [2.24, 2.45) is 5.16 Å². The van der Waals surface area contributed by atoms with E-state index in [0.29, 0.717) is 22.8 Å². The first-order valence-electron chi connectivity index (χ1n) is 4.46. The van der Waals surface area contributed by atoms with E-state index in [-0.39, 0.29) is 12.4 Å². The standard InChI is InChI=1S/C10H10N2O3/c1-6(13)7-2-3-9-8(4-7)11-10(12-14)5-15-9/h2-4,14H,5H2,1H3,(H,11,12). The molecule has 0 saturated heterocycles. The second kappa shape index (κ2) is 3.61. The average Bonchev–Trinajstić information content (AvgIpc) is 2.27. The number of oxime groups is 1. The highest BCUT2D eigenvalue weighted by molar-refractivity contribution is 6.01. The minimum absolute atomic E-state index is 0.0207. The van der Waals surface area contributed by atoms with Gasteiger partial charge in [-0.25, -0.2) is 0 Å². The van der Waals surface area contributed by atoms with E-state index >= 15 is 0 Å². The predicted molar refractivity (Wildman–Crippen MR) is 54.8 cm³/mol. The molecular weight excluding hydrogens is 196 g/mol. The summed E-state index contributed by atoms with van der Waals surface area (Å²) in [5, 5.41) is 14.5. The van der Waals surface area contributed by atoms with E-state index in [1.54, 1.807) is 18.2 Å². The highest BCUT2D eigenvalue weighted by Gasteiger charge is 2.15. The molecule has 1 aliphatic rings. The second-order valence-corrected chi connectivity index (χ2v) is 3.23. The van der Waals surface area contributed by atoms with Gasteiger partial charge in [-0.15, -0.1) is 0 Å². The van der Waals surface area contributed by atoms with E-state index in [0.717, 1.165) is 0 Å². The maximum absolute atomic E-state index is 11.1. The summed E-state index contributed by atoms with van der Waals surface area (Å²) in [5.74, 6) is 0.947. The molecule has 0 aliphatic carbocycles. The topological polar surface area (TPSA) is 70.9 Å². The van der Waals surface area contributed by atoms with Crippen LogP contribution in [-0.4, -0.2) is 23.4 Å². The van der Waals surface area contributed by atoms with Crippen molar-refractivity contribution in [2.75, 3.05) is 11.9 Å². The van der Waals surface area contributed by atoms with Crippen LogP contribution in [0.4, 0.5) is 5.69 Å². The van der Waals surface area contributed by atoms with Crippen LogP contribution in [0.25, 0.3) is 0 Å². The van der Waals surface area contributed by atoms with Crippen molar-refractivity contribution in [3.8, 4) is 5.75 Å². The number of fused-ring (bicyclic) bond motifs is 1. The largest absolute Gasteiger partial charge is 0.483 e. The van der Waals surface area contributed by atoms with Gasteiger partial charge in [-0.2, -0.15) is 0 Å². The normalized spacial score (nSPS) is 16.5. The van der Waals surface area contributed by atoms with Crippen LogP contribution in [0.3, 0.4) is 0 Å². The molecule has 0 aromatic heterocycles. The smallest absolute Gasteiger partial charge is 0.184 e. The molecule has 0 radical (unpaired) electrons. The number of amidine groups is 1. The molecule has 2 rings (SSSR count). The molecule has 1 aromatic carbocycles. The molecule has 0 unspecified atom stereocenters. The number of carbonyl (C=O) groups excluding carboxylic acids is 1. The van der Waals surface area contributed by atoms with Crippen LogP contribution in [-0.2, 0) is 0 Å². The van der Waals surface area contributed by atoms with Gasteiger partial charge in [0.05, 0.1) is 5.69 Å². The van der Waals surface area contributed by atoms with E-state index < -0.39 is 0 Å². The minimum Gasteiger partial charge on any atom is -0.483 e. The number of Topliss-reactive ketones (excluding diaryl/α,β-unsaturated/α-hetero) is 1. The molecule has 1 aliphatic heterocycles. The Morgan fingerprint density at radius 2 is 2.40 bits per heavy atom. The first kappa shape index (κ1) is 9.51. The Morgan fingerprint density at radius 3 is 3.07 bits per heavy atom. The summed E-state index contributed by atoms with van der Waals surface area (Å²) in [4.78, 5) is 11.1.